The third-order valence-electron chi connectivity index (χ3n) is 3.23. The quantitative estimate of drug-likeness (QED) is 0.913. The minimum absolute atomic E-state index is 0.00203. The highest BCUT2D eigenvalue weighted by Crippen LogP contribution is 2.42. The molecule has 1 aromatic carbocycles. The molecule has 21 heavy (non-hydrogen) atoms. The first-order chi connectivity index (χ1) is 9.90. The lowest BCUT2D eigenvalue weighted by Gasteiger charge is -2.15. The number of aromatic carboxylic acids is 1. The van der Waals surface area contributed by atoms with Crippen molar-refractivity contribution in [3.05, 3.63) is 27.9 Å². The molecular weight excluding hydrogens is 340 g/mol. The van der Waals surface area contributed by atoms with E-state index in [1.54, 1.807) is 21.3 Å². The van der Waals surface area contributed by atoms with Crippen molar-refractivity contribution in [2.75, 3.05) is 14.2 Å². The molecule has 0 amide bonds. The van der Waals surface area contributed by atoms with Gasteiger partial charge in [0.15, 0.2) is 17.2 Å². The number of nitrogens with zero attached hydrogens (tertiary/aromatic N) is 2. The van der Waals surface area contributed by atoms with Crippen molar-refractivity contribution >= 4 is 21.9 Å². The molecule has 2 aromatic rings. The van der Waals surface area contributed by atoms with Crippen LogP contribution >= 0.6 is 15.9 Å². The first-order valence-corrected chi connectivity index (χ1v) is 6.88. The Labute approximate surface area is 130 Å². The molecule has 6 nitrogen and oxygen atoms in total. The molecule has 0 spiro atoms. The van der Waals surface area contributed by atoms with Gasteiger partial charge in [0.2, 0.25) is 0 Å². The van der Waals surface area contributed by atoms with Crippen LogP contribution < -0.4 is 9.47 Å². The Hall–Kier alpha value is -2.02. The Bertz CT molecular complexity index is 709. The topological polar surface area (TPSA) is 73.6 Å². The van der Waals surface area contributed by atoms with Crippen molar-refractivity contribution in [1.29, 1.82) is 0 Å². The Morgan fingerprint density at radius 3 is 2.48 bits per heavy atom. The number of hydrogen-bond donors (Lipinski definition) is 1. The van der Waals surface area contributed by atoms with E-state index in [9.17, 15) is 4.79 Å². The molecule has 7 heteroatoms. The maximum Gasteiger partial charge on any atom is 0.356 e. The molecule has 0 aliphatic rings. The van der Waals surface area contributed by atoms with Gasteiger partial charge in [0.05, 0.1) is 24.4 Å². The molecule has 0 saturated heterocycles. The fraction of sp³-hybridized carbons (Fsp3) is 0.286. The molecule has 1 N–H and O–H groups in total. The van der Waals surface area contributed by atoms with Crippen LogP contribution in [0.15, 0.2) is 16.6 Å². The summed E-state index contributed by atoms with van der Waals surface area (Å²) in [4.78, 5) is 11.0. The fourth-order valence-corrected chi connectivity index (χ4v) is 2.70. The number of methoxy groups -OCH3 is 2. The molecule has 1 heterocycles. The Balaban J connectivity index is 2.70. The minimum Gasteiger partial charge on any atom is -0.493 e. The van der Waals surface area contributed by atoms with Gasteiger partial charge in [-0.05, 0) is 40.5 Å². The van der Waals surface area contributed by atoms with Crippen LogP contribution in [-0.4, -0.2) is 35.1 Å². The number of aromatic nitrogens is 2. The molecule has 1 aromatic heterocycles. The highest BCUT2D eigenvalue weighted by atomic mass is 79.9. The Kier molecular flexibility index (Phi) is 4.22. The summed E-state index contributed by atoms with van der Waals surface area (Å²) in [5.41, 5.74) is 2.42. The molecular formula is C14H15BrN2O4. The number of hydrogen-bond acceptors (Lipinski definition) is 4. The van der Waals surface area contributed by atoms with Gasteiger partial charge < -0.3 is 14.6 Å². The van der Waals surface area contributed by atoms with Crippen LogP contribution in [0, 0.1) is 6.92 Å². The third kappa shape index (κ3) is 2.61. The number of carboxylic acids is 1. The Morgan fingerprint density at radius 2 is 2.00 bits per heavy atom. The van der Waals surface area contributed by atoms with Crippen LogP contribution in [0.2, 0.25) is 0 Å². The molecule has 2 rings (SSSR count). The normalized spacial score (nSPS) is 10.5. The monoisotopic (exact) mass is 354 g/mol. The zero-order valence-corrected chi connectivity index (χ0v) is 13.7. The average molecular weight is 355 g/mol. The predicted octanol–water partition coefficient (Wildman–Crippen LogP) is 2.87. The smallest absolute Gasteiger partial charge is 0.356 e. The van der Waals surface area contributed by atoms with Crippen molar-refractivity contribution < 1.29 is 19.4 Å². The second kappa shape index (κ2) is 5.77. The van der Waals surface area contributed by atoms with E-state index in [0.29, 0.717) is 17.2 Å². The second-order valence-corrected chi connectivity index (χ2v) is 5.24. The van der Waals surface area contributed by atoms with Gasteiger partial charge in [0.25, 0.3) is 0 Å². The maximum atomic E-state index is 11.0. The number of benzene rings is 1. The summed E-state index contributed by atoms with van der Waals surface area (Å²) >= 11 is 3.49. The summed E-state index contributed by atoms with van der Waals surface area (Å²) in [6, 6.07) is 3.34. The van der Waals surface area contributed by atoms with Gasteiger partial charge >= 0.3 is 5.97 Å². The van der Waals surface area contributed by atoms with Gasteiger partial charge in [-0.1, -0.05) is 0 Å². The maximum absolute atomic E-state index is 11.0. The van der Waals surface area contributed by atoms with Crippen molar-refractivity contribution in [3.8, 4) is 22.8 Å². The summed E-state index contributed by atoms with van der Waals surface area (Å²) in [6.07, 6.45) is 0. The minimum atomic E-state index is -1.06. The van der Waals surface area contributed by atoms with Crippen molar-refractivity contribution in [2.45, 2.75) is 6.92 Å². The lowest BCUT2D eigenvalue weighted by Crippen LogP contribution is -2.00. The summed E-state index contributed by atoms with van der Waals surface area (Å²) < 4.78 is 12.9. The van der Waals surface area contributed by atoms with Crippen LogP contribution in [-0.2, 0) is 7.05 Å². The molecule has 0 radical (unpaired) electrons. The standard InChI is InChI=1S/C14H15BrN2O4/c1-7-8(5-11(20-3)13(21-4)12(7)15)10-6-9(14(18)19)16-17(10)2/h5-6H,1-4H3,(H,18,19). The molecule has 0 aliphatic carbocycles. The molecule has 0 unspecified atom stereocenters. The van der Waals surface area contributed by atoms with Gasteiger partial charge in [-0.15, -0.1) is 0 Å². The average Bonchev–Trinajstić information content (AvgIpc) is 2.83. The van der Waals surface area contributed by atoms with E-state index < -0.39 is 5.97 Å². The lowest BCUT2D eigenvalue weighted by molar-refractivity contribution is 0.0689. The van der Waals surface area contributed by atoms with Gasteiger partial charge in [-0.3, -0.25) is 4.68 Å². The largest absolute Gasteiger partial charge is 0.493 e. The summed E-state index contributed by atoms with van der Waals surface area (Å²) in [6.45, 7) is 1.91. The molecule has 112 valence electrons. The number of rotatable bonds is 4. The van der Waals surface area contributed by atoms with E-state index in [2.05, 4.69) is 21.0 Å². The highest BCUT2D eigenvalue weighted by molar-refractivity contribution is 9.10. The second-order valence-electron chi connectivity index (χ2n) is 4.44. The summed E-state index contributed by atoms with van der Waals surface area (Å²) in [5.74, 6) is 0.0940. The zero-order chi connectivity index (χ0) is 15.7. The molecule has 0 aliphatic heterocycles. The number of halogens is 1. The lowest BCUT2D eigenvalue weighted by atomic mass is 10.0. The summed E-state index contributed by atoms with van der Waals surface area (Å²) in [5, 5.41) is 13.0. The van der Waals surface area contributed by atoms with Crippen molar-refractivity contribution in [2.24, 2.45) is 7.05 Å². The zero-order valence-electron chi connectivity index (χ0n) is 12.1. The number of ether oxygens (including phenoxy) is 2. The van der Waals surface area contributed by atoms with Crippen LogP contribution in [0.1, 0.15) is 16.1 Å². The third-order valence-corrected chi connectivity index (χ3v) is 4.19. The number of carbonyl (C=O) groups is 1. The van der Waals surface area contributed by atoms with Crippen molar-refractivity contribution in [1.82, 2.24) is 9.78 Å². The predicted molar refractivity (Wildman–Crippen MR) is 81.1 cm³/mol. The number of carboxylic acid groups (broad SMARTS) is 1. The van der Waals surface area contributed by atoms with Crippen LogP contribution in [0.4, 0.5) is 0 Å². The van der Waals surface area contributed by atoms with E-state index >= 15 is 0 Å². The SMILES string of the molecule is COc1cc(-c2cc(C(=O)O)nn2C)c(C)c(Br)c1OC. The van der Waals surface area contributed by atoms with E-state index in [-0.39, 0.29) is 5.69 Å². The van der Waals surface area contributed by atoms with Crippen molar-refractivity contribution in [3.63, 3.8) is 0 Å². The van der Waals surface area contributed by atoms with Crippen LogP contribution in [0.5, 0.6) is 11.5 Å². The number of aryl methyl sites for hydroxylation is 1. The highest BCUT2D eigenvalue weighted by Gasteiger charge is 2.20. The summed E-state index contributed by atoms with van der Waals surface area (Å²) in [7, 11) is 4.81. The van der Waals surface area contributed by atoms with Gasteiger partial charge in [0.1, 0.15) is 0 Å². The first-order valence-electron chi connectivity index (χ1n) is 6.09. The van der Waals surface area contributed by atoms with Gasteiger partial charge in [-0.25, -0.2) is 4.79 Å². The van der Waals surface area contributed by atoms with Gasteiger partial charge in [0, 0.05) is 12.6 Å². The molecule has 0 fully saturated rings. The van der Waals surface area contributed by atoms with Crippen LogP contribution in [0.3, 0.4) is 0 Å². The van der Waals surface area contributed by atoms with E-state index in [4.69, 9.17) is 14.6 Å². The van der Waals surface area contributed by atoms with E-state index in [0.717, 1.165) is 15.6 Å². The fourth-order valence-electron chi connectivity index (χ4n) is 2.13. The molecule has 0 bridgehead atoms. The van der Waals surface area contributed by atoms with Gasteiger partial charge in [-0.2, -0.15) is 5.10 Å². The van der Waals surface area contributed by atoms with E-state index in [1.807, 2.05) is 13.0 Å². The van der Waals surface area contributed by atoms with E-state index in [1.165, 1.54) is 10.7 Å². The molecule has 0 atom stereocenters. The Morgan fingerprint density at radius 1 is 1.33 bits per heavy atom. The molecule has 0 saturated carbocycles. The van der Waals surface area contributed by atoms with Crippen LogP contribution in [0.25, 0.3) is 11.3 Å². The first kappa shape index (κ1) is 15.4.